The highest BCUT2D eigenvalue weighted by Gasteiger charge is 2.10. The molecule has 0 atom stereocenters. The first-order valence-electron chi connectivity index (χ1n) is 4.72. The Labute approximate surface area is 107 Å². The third kappa shape index (κ3) is 3.95. The van der Waals surface area contributed by atoms with Crippen LogP contribution in [-0.2, 0) is 0 Å². The minimum Gasteiger partial charge on any atom is -0.342 e. The van der Waals surface area contributed by atoms with Gasteiger partial charge in [0.2, 0.25) is 0 Å². The molecule has 1 aromatic carbocycles. The number of nitrogens with zero attached hydrogens (tertiary/aromatic N) is 1. The predicted molar refractivity (Wildman–Crippen MR) is 69.5 cm³/mol. The molecule has 0 N–H and O–H groups in total. The second-order valence-electron chi connectivity index (χ2n) is 3.28. The topological polar surface area (TPSA) is 20.3 Å². The van der Waals surface area contributed by atoms with Crippen molar-refractivity contribution < 1.29 is 4.79 Å². The maximum atomic E-state index is 11.9. The highest BCUT2D eigenvalue weighted by Crippen LogP contribution is 2.12. The number of halogens is 2. The van der Waals surface area contributed by atoms with Gasteiger partial charge in [-0.25, -0.2) is 0 Å². The maximum Gasteiger partial charge on any atom is 0.253 e. The fourth-order valence-corrected chi connectivity index (χ4v) is 1.73. The van der Waals surface area contributed by atoms with Gasteiger partial charge in [0.05, 0.1) is 0 Å². The van der Waals surface area contributed by atoms with Gasteiger partial charge in [-0.1, -0.05) is 31.9 Å². The van der Waals surface area contributed by atoms with Crippen molar-refractivity contribution in [3.05, 3.63) is 34.3 Å². The van der Waals surface area contributed by atoms with Crippen molar-refractivity contribution in [2.75, 3.05) is 18.9 Å². The van der Waals surface area contributed by atoms with E-state index in [9.17, 15) is 4.79 Å². The molecule has 0 fully saturated rings. The molecule has 0 heterocycles. The summed E-state index contributed by atoms with van der Waals surface area (Å²) in [5.41, 5.74) is 0.732. The number of amides is 1. The van der Waals surface area contributed by atoms with E-state index in [1.165, 1.54) is 0 Å². The number of hydrogen-bond acceptors (Lipinski definition) is 1. The second-order valence-corrected chi connectivity index (χ2v) is 4.98. The van der Waals surface area contributed by atoms with Gasteiger partial charge in [-0.3, -0.25) is 4.79 Å². The van der Waals surface area contributed by atoms with Crippen LogP contribution in [0.5, 0.6) is 0 Å². The van der Waals surface area contributed by atoms with Crippen molar-refractivity contribution in [2.45, 2.75) is 6.42 Å². The molecule has 0 aromatic heterocycles. The van der Waals surface area contributed by atoms with Crippen molar-refractivity contribution in [3.8, 4) is 0 Å². The summed E-state index contributed by atoms with van der Waals surface area (Å²) in [4.78, 5) is 13.6. The highest BCUT2D eigenvalue weighted by atomic mass is 79.9. The van der Waals surface area contributed by atoms with Crippen molar-refractivity contribution in [1.29, 1.82) is 0 Å². The fourth-order valence-electron chi connectivity index (χ4n) is 1.21. The SMILES string of the molecule is CN(CCCBr)C(=O)c1ccc(Br)cc1. The van der Waals surface area contributed by atoms with Gasteiger partial charge in [0.25, 0.3) is 5.91 Å². The summed E-state index contributed by atoms with van der Waals surface area (Å²) in [6.45, 7) is 0.778. The van der Waals surface area contributed by atoms with E-state index in [1.807, 2.05) is 31.3 Å². The van der Waals surface area contributed by atoms with Crippen LogP contribution in [0, 0.1) is 0 Å². The molecule has 0 bridgehead atoms. The third-order valence-electron chi connectivity index (χ3n) is 2.07. The minimum atomic E-state index is 0.0726. The summed E-state index contributed by atoms with van der Waals surface area (Å²) >= 11 is 6.69. The van der Waals surface area contributed by atoms with Crippen LogP contribution in [0.15, 0.2) is 28.7 Å². The summed E-state index contributed by atoms with van der Waals surface area (Å²) in [5.74, 6) is 0.0726. The van der Waals surface area contributed by atoms with Gasteiger partial charge >= 0.3 is 0 Å². The number of benzene rings is 1. The molecule has 4 heteroatoms. The van der Waals surface area contributed by atoms with E-state index >= 15 is 0 Å². The van der Waals surface area contributed by atoms with Crippen LogP contribution in [-0.4, -0.2) is 29.7 Å². The smallest absolute Gasteiger partial charge is 0.253 e. The summed E-state index contributed by atoms with van der Waals surface area (Å²) < 4.78 is 0.988. The van der Waals surface area contributed by atoms with Crippen LogP contribution in [0.2, 0.25) is 0 Å². The second kappa shape index (κ2) is 6.28. The molecule has 1 aromatic rings. The first-order chi connectivity index (χ1) is 7.15. The molecule has 1 rings (SSSR count). The van der Waals surface area contributed by atoms with Crippen LogP contribution in [0.25, 0.3) is 0 Å². The van der Waals surface area contributed by atoms with E-state index in [2.05, 4.69) is 31.9 Å². The van der Waals surface area contributed by atoms with Gasteiger partial charge in [0.15, 0.2) is 0 Å². The van der Waals surface area contributed by atoms with Gasteiger partial charge in [-0.2, -0.15) is 0 Å². The molecular formula is C11H13Br2NO. The van der Waals surface area contributed by atoms with Gasteiger partial charge in [-0.05, 0) is 30.7 Å². The standard InChI is InChI=1S/C11H13Br2NO/c1-14(8-2-7-12)11(15)9-3-5-10(13)6-4-9/h3-6H,2,7-8H2,1H3. The Kier molecular flexibility index (Phi) is 5.32. The normalized spacial score (nSPS) is 10.1. The van der Waals surface area contributed by atoms with E-state index in [1.54, 1.807) is 4.90 Å². The quantitative estimate of drug-likeness (QED) is 0.773. The number of rotatable bonds is 4. The summed E-state index contributed by atoms with van der Waals surface area (Å²) in [6.07, 6.45) is 0.971. The Hall–Kier alpha value is -0.350. The van der Waals surface area contributed by atoms with Crippen molar-refractivity contribution >= 4 is 37.8 Å². The lowest BCUT2D eigenvalue weighted by Crippen LogP contribution is -2.27. The van der Waals surface area contributed by atoms with Crippen molar-refractivity contribution in [1.82, 2.24) is 4.90 Å². The van der Waals surface area contributed by atoms with E-state index in [-0.39, 0.29) is 5.91 Å². The zero-order chi connectivity index (χ0) is 11.3. The minimum absolute atomic E-state index is 0.0726. The Morgan fingerprint density at radius 1 is 1.33 bits per heavy atom. The number of hydrogen-bond donors (Lipinski definition) is 0. The molecule has 0 saturated heterocycles. The molecule has 82 valence electrons. The summed E-state index contributed by atoms with van der Waals surface area (Å²) in [7, 11) is 1.83. The zero-order valence-electron chi connectivity index (χ0n) is 8.54. The number of carbonyl (C=O) groups excluding carboxylic acids is 1. The zero-order valence-corrected chi connectivity index (χ0v) is 11.7. The molecule has 0 saturated carbocycles. The lowest BCUT2D eigenvalue weighted by Gasteiger charge is -2.16. The van der Waals surface area contributed by atoms with E-state index < -0.39 is 0 Å². The summed E-state index contributed by atoms with van der Waals surface area (Å²) in [5, 5.41) is 0.922. The number of carbonyl (C=O) groups is 1. The van der Waals surface area contributed by atoms with Crippen LogP contribution in [0.3, 0.4) is 0 Å². The average Bonchev–Trinajstić information content (AvgIpc) is 2.26. The summed E-state index contributed by atoms with van der Waals surface area (Å²) in [6, 6.07) is 7.42. The highest BCUT2D eigenvalue weighted by molar-refractivity contribution is 9.10. The van der Waals surface area contributed by atoms with E-state index in [0.717, 1.165) is 28.3 Å². The lowest BCUT2D eigenvalue weighted by molar-refractivity contribution is 0.0795. The van der Waals surface area contributed by atoms with E-state index in [4.69, 9.17) is 0 Å². The maximum absolute atomic E-state index is 11.9. The Balaban J connectivity index is 2.63. The number of alkyl halides is 1. The lowest BCUT2D eigenvalue weighted by atomic mass is 10.2. The molecular weight excluding hydrogens is 322 g/mol. The first-order valence-corrected chi connectivity index (χ1v) is 6.63. The monoisotopic (exact) mass is 333 g/mol. The average molecular weight is 335 g/mol. The van der Waals surface area contributed by atoms with Crippen LogP contribution >= 0.6 is 31.9 Å². The Morgan fingerprint density at radius 3 is 2.47 bits per heavy atom. The van der Waals surface area contributed by atoms with Crippen LogP contribution in [0.1, 0.15) is 16.8 Å². The molecule has 1 amide bonds. The predicted octanol–water partition coefficient (Wildman–Crippen LogP) is 3.31. The van der Waals surface area contributed by atoms with Gasteiger partial charge in [0.1, 0.15) is 0 Å². The van der Waals surface area contributed by atoms with Gasteiger partial charge < -0.3 is 4.90 Å². The molecule has 0 spiro atoms. The van der Waals surface area contributed by atoms with Crippen LogP contribution in [0.4, 0.5) is 0 Å². The Bertz CT molecular complexity index is 324. The Morgan fingerprint density at radius 2 is 1.93 bits per heavy atom. The fraction of sp³-hybridized carbons (Fsp3) is 0.364. The third-order valence-corrected chi connectivity index (χ3v) is 3.15. The molecule has 0 aliphatic carbocycles. The molecule has 15 heavy (non-hydrogen) atoms. The largest absolute Gasteiger partial charge is 0.342 e. The first kappa shape index (κ1) is 12.7. The molecule has 0 aliphatic heterocycles. The van der Waals surface area contributed by atoms with Crippen molar-refractivity contribution in [2.24, 2.45) is 0 Å². The molecule has 0 aliphatic rings. The van der Waals surface area contributed by atoms with Gasteiger partial charge in [0, 0.05) is 29.0 Å². The molecule has 2 nitrogen and oxygen atoms in total. The molecule has 0 radical (unpaired) electrons. The molecule has 0 unspecified atom stereocenters. The van der Waals surface area contributed by atoms with Crippen LogP contribution < -0.4 is 0 Å². The van der Waals surface area contributed by atoms with Crippen molar-refractivity contribution in [3.63, 3.8) is 0 Å². The van der Waals surface area contributed by atoms with Gasteiger partial charge in [-0.15, -0.1) is 0 Å². The van der Waals surface area contributed by atoms with E-state index in [0.29, 0.717) is 0 Å².